The van der Waals surface area contributed by atoms with E-state index in [-0.39, 0.29) is 5.03 Å². The first-order chi connectivity index (χ1) is 11.2. The van der Waals surface area contributed by atoms with Crippen molar-refractivity contribution in [2.75, 3.05) is 26.0 Å². The van der Waals surface area contributed by atoms with Crippen molar-refractivity contribution >= 4 is 9.84 Å². The second-order valence-electron chi connectivity index (χ2n) is 7.50. The molecule has 0 amide bonds. The first kappa shape index (κ1) is 19.2. The van der Waals surface area contributed by atoms with Crippen molar-refractivity contribution < 1.29 is 13.2 Å². The highest BCUT2D eigenvalue weighted by Gasteiger charge is 2.29. The molecule has 1 aromatic heterocycles. The predicted molar refractivity (Wildman–Crippen MR) is 96.2 cm³/mol. The standard InChI is InChI=1S/C18H30N2O3S/c1-13(2)6-7-20-11-16(9-15(20)4)12-23-17-8-14(3)18(19-10-17)24(5,21)22/h8,10,13,15-16H,6-7,9,11-12H2,1-5H3. The van der Waals surface area contributed by atoms with Crippen LogP contribution in [0.25, 0.3) is 0 Å². The number of likely N-dealkylation sites (tertiary alicyclic amines) is 1. The van der Waals surface area contributed by atoms with Crippen molar-refractivity contribution in [3.8, 4) is 5.75 Å². The van der Waals surface area contributed by atoms with E-state index in [9.17, 15) is 8.42 Å². The van der Waals surface area contributed by atoms with Crippen molar-refractivity contribution in [3.05, 3.63) is 17.8 Å². The van der Waals surface area contributed by atoms with Gasteiger partial charge in [0.25, 0.3) is 0 Å². The summed E-state index contributed by atoms with van der Waals surface area (Å²) in [6.45, 7) is 11.4. The number of rotatable bonds is 7. The summed E-state index contributed by atoms with van der Waals surface area (Å²) >= 11 is 0. The van der Waals surface area contributed by atoms with E-state index in [1.54, 1.807) is 13.0 Å². The Morgan fingerprint density at radius 2 is 2.12 bits per heavy atom. The number of aryl methyl sites for hydroxylation is 1. The fourth-order valence-corrected chi connectivity index (χ4v) is 4.18. The van der Waals surface area contributed by atoms with Gasteiger partial charge in [-0.3, -0.25) is 0 Å². The van der Waals surface area contributed by atoms with Gasteiger partial charge in [0, 0.05) is 24.8 Å². The molecule has 0 spiro atoms. The van der Waals surface area contributed by atoms with Gasteiger partial charge in [-0.25, -0.2) is 13.4 Å². The van der Waals surface area contributed by atoms with Crippen molar-refractivity contribution in [2.45, 2.75) is 51.6 Å². The van der Waals surface area contributed by atoms with Gasteiger partial charge < -0.3 is 9.64 Å². The lowest BCUT2D eigenvalue weighted by Crippen LogP contribution is -2.29. The summed E-state index contributed by atoms with van der Waals surface area (Å²) in [5, 5.41) is 0.129. The van der Waals surface area contributed by atoms with Gasteiger partial charge >= 0.3 is 0 Å². The first-order valence-electron chi connectivity index (χ1n) is 8.70. The summed E-state index contributed by atoms with van der Waals surface area (Å²) in [5.41, 5.74) is 0.633. The van der Waals surface area contributed by atoms with Gasteiger partial charge in [-0.15, -0.1) is 0 Å². The van der Waals surface area contributed by atoms with Gasteiger partial charge in [0.2, 0.25) is 0 Å². The monoisotopic (exact) mass is 354 g/mol. The molecule has 136 valence electrons. The molecule has 1 aromatic rings. The molecule has 0 N–H and O–H groups in total. The second kappa shape index (κ2) is 7.83. The molecule has 0 saturated carbocycles. The molecule has 24 heavy (non-hydrogen) atoms. The molecule has 1 saturated heterocycles. The summed E-state index contributed by atoms with van der Waals surface area (Å²) in [5.74, 6) is 1.89. The number of hydrogen-bond acceptors (Lipinski definition) is 5. The number of aromatic nitrogens is 1. The minimum atomic E-state index is -3.28. The van der Waals surface area contributed by atoms with Crippen molar-refractivity contribution in [2.24, 2.45) is 11.8 Å². The Labute approximate surface area is 146 Å². The third-order valence-corrected chi connectivity index (χ3v) is 5.76. The lowest BCUT2D eigenvalue weighted by atomic mass is 10.1. The van der Waals surface area contributed by atoms with E-state index in [0.29, 0.717) is 29.9 Å². The first-order valence-corrected chi connectivity index (χ1v) is 10.6. The van der Waals surface area contributed by atoms with E-state index < -0.39 is 9.84 Å². The Morgan fingerprint density at radius 1 is 1.42 bits per heavy atom. The van der Waals surface area contributed by atoms with Crippen LogP contribution in [0.4, 0.5) is 0 Å². The molecule has 6 heteroatoms. The van der Waals surface area contributed by atoms with E-state index >= 15 is 0 Å². The highest BCUT2D eigenvalue weighted by molar-refractivity contribution is 7.90. The van der Waals surface area contributed by atoms with Crippen LogP contribution in [0.2, 0.25) is 0 Å². The maximum absolute atomic E-state index is 11.6. The average molecular weight is 355 g/mol. The lowest BCUT2D eigenvalue weighted by molar-refractivity contribution is 0.225. The Bertz CT molecular complexity index is 658. The molecule has 1 fully saturated rings. The zero-order valence-corrected chi connectivity index (χ0v) is 16.3. The molecule has 5 nitrogen and oxygen atoms in total. The van der Waals surface area contributed by atoms with Gasteiger partial charge in [0.1, 0.15) is 5.75 Å². The van der Waals surface area contributed by atoms with E-state index in [2.05, 4.69) is 30.7 Å². The van der Waals surface area contributed by atoms with Crippen molar-refractivity contribution in [1.82, 2.24) is 9.88 Å². The van der Waals surface area contributed by atoms with E-state index in [1.807, 2.05) is 0 Å². The van der Waals surface area contributed by atoms with Crippen LogP contribution in [0.3, 0.4) is 0 Å². The maximum Gasteiger partial charge on any atom is 0.193 e. The van der Waals surface area contributed by atoms with Crippen LogP contribution in [0, 0.1) is 18.8 Å². The Balaban J connectivity index is 1.89. The molecule has 2 rings (SSSR count). The minimum Gasteiger partial charge on any atom is -0.492 e. The maximum atomic E-state index is 11.6. The molecule has 2 atom stereocenters. The van der Waals surface area contributed by atoms with E-state index in [1.165, 1.54) is 18.9 Å². The highest BCUT2D eigenvalue weighted by Crippen LogP contribution is 2.25. The van der Waals surface area contributed by atoms with Gasteiger partial charge in [-0.1, -0.05) is 13.8 Å². The summed E-state index contributed by atoms with van der Waals surface area (Å²) in [6, 6.07) is 2.36. The SMILES string of the molecule is Cc1cc(OCC2CC(C)N(CCC(C)C)C2)cnc1S(C)(=O)=O. The summed E-state index contributed by atoms with van der Waals surface area (Å²) < 4.78 is 29.1. The molecule has 0 radical (unpaired) electrons. The number of ether oxygens (including phenoxy) is 1. The van der Waals surface area contributed by atoms with Gasteiger partial charge in [0.05, 0.1) is 12.8 Å². The zero-order valence-electron chi connectivity index (χ0n) is 15.4. The molecular formula is C18H30N2O3S. The smallest absolute Gasteiger partial charge is 0.193 e. The van der Waals surface area contributed by atoms with Crippen LogP contribution in [-0.4, -0.2) is 50.3 Å². The lowest BCUT2D eigenvalue weighted by Gasteiger charge is -2.21. The van der Waals surface area contributed by atoms with Gasteiger partial charge in [0.15, 0.2) is 14.9 Å². The fourth-order valence-electron chi connectivity index (χ4n) is 3.29. The molecule has 0 bridgehead atoms. The van der Waals surface area contributed by atoms with Crippen LogP contribution < -0.4 is 4.74 Å². The van der Waals surface area contributed by atoms with Crippen molar-refractivity contribution in [3.63, 3.8) is 0 Å². The third kappa shape index (κ3) is 5.18. The van der Waals surface area contributed by atoms with Crippen LogP contribution >= 0.6 is 0 Å². The number of hydrogen-bond donors (Lipinski definition) is 0. The number of nitrogens with zero attached hydrogens (tertiary/aromatic N) is 2. The molecule has 1 aliphatic rings. The molecule has 2 heterocycles. The highest BCUT2D eigenvalue weighted by atomic mass is 32.2. The van der Waals surface area contributed by atoms with E-state index in [0.717, 1.165) is 25.4 Å². The Morgan fingerprint density at radius 3 is 2.71 bits per heavy atom. The number of sulfone groups is 1. The fraction of sp³-hybridized carbons (Fsp3) is 0.722. The zero-order chi connectivity index (χ0) is 17.9. The van der Waals surface area contributed by atoms with Gasteiger partial charge in [-0.2, -0.15) is 0 Å². The van der Waals surface area contributed by atoms with Crippen LogP contribution in [-0.2, 0) is 9.84 Å². The van der Waals surface area contributed by atoms with Crippen molar-refractivity contribution in [1.29, 1.82) is 0 Å². The molecule has 1 aliphatic heterocycles. The third-order valence-electron chi connectivity index (χ3n) is 4.63. The van der Waals surface area contributed by atoms with E-state index in [4.69, 9.17) is 4.74 Å². The molecule has 0 aromatic carbocycles. The molecule has 2 unspecified atom stereocenters. The normalized spacial score (nSPS) is 22.2. The minimum absolute atomic E-state index is 0.129. The van der Waals surface area contributed by atoms with Crippen LogP contribution in [0.5, 0.6) is 5.75 Å². The second-order valence-corrected chi connectivity index (χ2v) is 9.44. The summed E-state index contributed by atoms with van der Waals surface area (Å²) in [6.07, 6.45) is 5.06. The topological polar surface area (TPSA) is 59.5 Å². The van der Waals surface area contributed by atoms with Crippen LogP contribution in [0.15, 0.2) is 17.3 Å². The number of pyridine rings is 1. The summed E-state index contributed by atoms with van der Waals surface area (Å²) in [4.78, 5) is 6.60. The predicted octanol–water partition coefficient (Wildman–Crippen LogP) is 2.93. The largest absolute Gasteiger partial charge is 0.492 e. The van der Waals surface area contributed by atoms with Crippen LogP contribution in [0.1, 0.15) is 39.2 Å². The quantitative estimate of drug-likeness (QED) is 0.753. The van der Waals surface area contributed by atoms with Gasteiger partial charge in [-0.05, 0) is 50.8 Å². The Hall–Kier alpha value is -1.14. The Kier molecular flexibility index (Phi) is 6.26. The summed E-state index contributed by atoms with van der Waals surface area (Å²) in [7, 11) is -3.28. The molecular weight excluding hydrogens is 324 g/mol. The molecule has 0 aliphatic carbocycles. The average Bonchev–Trinajstić information content (AvgIpc) is 2.82.